The molecule has 29 heavy (non-hydrogen) atoms. The number of likely N-dealkylation sites (N-methyl/N-ethyl adjacent to an activating group) is 1. The summed E-state index contributed by atoms with van der Waals surface area (Å²) in [6.45, 7) is 7.35. The summed E-state index contributed by atoms with van der Waals surface area (Å²) in [4.78, 5) is 18.9. The Labute approximate surface area is 173 Å². The first kappa shape index (κ1) is 18.8. The molecule has 1 aliphatic heterocycles. The Balaban J connectivity index is 1.42. The molecule has 2 aromatic rings. The fourth-order valence-corrected chi connectivity index (χ4v) is 5.61. The molecule has 0 bridgehead atoms. The normalized spacial score (nSPS) is 23.6. The quantitative estimate of drug-likeness (QED) is 0.873. The number of rotatable bonds is 4. The zero-order valence-corrected chi connectivity index (χ0v) is 17.4. The van der Waals surface area contributed by atoms with E-state index in [4.69, 9.17) is 0 Å². The number of carbonyl (C=O) groups excluding carboxylic acids is 1. The zero-order valence-electron chi connectivity index (χ0n) is 17.4. The third-order valence-corrected chi connectivity index (χ3v) is 7.37. The molecule has 0 saturated carbocycles. The maximum atomic E-state index is 13.9. The first-order chi connectivity index (χ1) is 14.2. The standard InChI is InChI=1S/C25H31N3O/c1-2-27-13-15-28(16-14-27)25(17-20-8-3-4-9-21(20)18-25)24(29)26-23-12-11-19-7-5-6-10-22(19)23/h3-10,23H,2,11-18H2,1H3,(H,26,29)/t23-/m1/s1. The van der Waals surface area contributed by atoms with E-state index < -0.39 is 5.54 Å². The Kier molecular flexibility index (Phi) is 4.92. The number of carbonyl (C=O) groups is 1. The average molecular weight is 390 g/mol. The van der Waals surface area contributed by atoms with Crippen molar-refractivity contribution in [1.29, 1.82) is 0 Å². The van der Waals surface area contributed by atoms with Crippen LogP contribution in [0, 0.1) is 0 Å². The van der Waals surface area contributed by atoms with Gasteiger partial charge in [0, 0.05) is 39.0 Å². The average Bonchev–Trinajstić information content (AvgIpc) is 3.36. The van der Waals surface area contributed by atoms with Crippen molar-refractivity contribution in [2.75, 3.05) is 32.7 Å². The van der Waals surface area contributed by atoms with Gasteiger partial charge in [-0.05, 0) is 41.6 Å². The lowest BCUT2D eigenvalue weighted by atomic mass is 9.90. The highest BCUT2D eigenvalue weighted by Crippen LogP contribution is 2.38. The van der Waals surface area contributed by atoms with E-state index in [2.05, 4.69) is 70.6 Å². The lowest BCUT2D eigenvalue weighted by Crippen LogP contribution is -2.64. The van der Waals surface area contributed by atoms with Crippen LogP contribution in [-0.4, -0.2) is 54.0 Å². The van der Waals surface area contributed by atoms with Gasteiger partial charge in [0.05, 0.1) is 6.04 Å². The third kappa shape index (κ3) is 3.28. The molecule has 1 saturated heterocycles. The van der Waals surface area contributed by atoms with E-state index in [1.165, 1.54) is 22.3 Å². The van der Waals surface area contributed by atoms with Crippen LogP contribution in [0.2, 0.25) is 0 Å². The Morgan fingerprint density at radius 1 is 0.966 bits per heavy atom. The van der Waals surface area contributed by atoms with Gasteiger partial charge in [-0.25, -0.2) is 0 Å². The Hall–Kier alpha value is -2.17. The van der Waals surface area contributed by atoms with Crippen LogP contribution in [-0.2, 0) is 24.1 Å². The van der Waals surface area contributed by atoms with Crippen LogP contribution < -0.4 is 5.32 Å². The van der Waals surface area contributed by atoms with Gasteiger partial charge in [0.1, 0.15) is 5.54 Å². The predicted molar refractivity (Wildman–Crippen MR) is 116 cm³/mol. The number of benzene rings is 2. The van der Waals surface area contributed by atoms with Crippen molar-refractivity contribution >= 4 is 5.91 Å². The van der Waals surface area contributed by atoms with Crippen LogP contribution in [0.3, 0.4) is 0 Å². The zero-order chi connectivity index (χ0) is 19.8. The summed E-state index contributed by atoms with van der Waals surface area (Å²) >= 11 is 0. The summed E-state index contributed by atoms with van der Waals surface area (Å²) in [7, 11) is 0. The monoisotopic (exact) mass is 389 g/mol. The number of hydrogen-bond donors (Lipinski definition) is 1. The third-order valence-electron chi connectivity index (χ3n) is 7.37. The molecule has 0 unspecified atom stereocenters. The molecule has 1 heterocycles. The van der Waals surface area contributed by atoms with Crippen molar-refractivity contribution in [2.45, 2.75) is 44.2 Å². The van der Waals surface area contributed by atoms with Crippen LogP contribution in [0.1, 0.15) is 41.6 Å². The second-order valence-electron chi connectivity index (χ2n) is 8.84. The summed E-state index contributed by atoms with van der Waals surface area (Å²) in [5, 5.41) is 3.48. The van der Waals surface area contributed by atoms with Crippen molar-refractivity contribution < 1.29 is 4.79 Å². The molecule has 0 radical (unpaired) electrons. The number of fused-ring (bicyclic) bond motifs is 2. The SMILES string of the molecule is CCN1CCN(C2(C(=O)N[C@@H]3CCc4ccccc43)Cc3ccccc3C2)CC1. The molecule has 2 aliphatic carbocycles. The predicted octanol–water partition coefficient (Wildman–Crippen LogP) is 2.97. The molecular formula is C25H31N3O. The fourth-order valence-electron chi connectivity index (χ4n) is 5.61. The lowest BCUT2D eigenvalue weighted by Gasteiger charge is -2.45. The van der Waals surface area contributed by atoms with E-state index in [1.54, 1.807) is 0 Å². The van der Waals surface area contributed by atoms with Gasteiger partial charge in [-0.3, -0.25) is 9.69 Å². The molecule has 1 atom stereocenters. The summed E-state index contributed by atoms with van der Waals surface area (Å²) in [6.07, 6.45) is 3.73. The molecular weight excluding hydrogens is 358 g/mol. The molecule has 0 spiro atoms. The molecule has 4 heteroatoms. The fraction of sp³-hybridized carbons (Fsp3) is 0.480. The first-order valence-electron chi connectivity index (χ1n) is 11.1. The minimum Gasteiger partial charge on any atom is -0.348 e. The van der Waals surface area contributed by atoms with Crippen molar-refractivity contribution in [3.8, 4) is 0 Å². The van der Waals surface area contributed by atoms with Gasteiger partial charge < -0.3 is 10.2 Å². The summed E-state index contributed by atoms with van der Waals surface area (Å²) < 4.78 is 0. The molecule has 1 amide bonds. The van der Waals surface area contributed by atoms with E-state index in [1.807, 2.05) is 0 Å². The molecule has 3 aliphatic rings. The maximum absolute atomic E-state index is 13.9. The smallest absolute Gasteiger partial charge is 0.241 e. The van der Waals surface area contributed by atoms with Gasteiger partial charge in [0.2, 0.25) is 5.91 Å². The highest BCUT2D eigenvalue weighted by Gasteiger charge is 2.49. The first-order valence-corrected chi connectivity index (χ1v) is 11.1. The van der Waals surface area contributed by atoms with Crippen LogP contribution in [0.4, 0.5) is 0 Å². The van der Waals surface area contributed by atoms with E-state index >= 15 is 0 Å². The topological polar surface area (TPSA) is 35.6 Å². The second-order valence-corrected chi connectivity index (χ2v) is 8.84. The number of nitrogens with zero attached hydrogens (tertiary/aromatic N) is 2. The van der Waals surface area contributed by atoms with Gasteiger partial charge in [-0.15, -0.1) is 0 Å². The minimum atomic E-state index is -0.443. The summed E-state index contributed by atoms with van der Waals surface area (Å²) in [6, 6.07) is 17.4. The Morgan fingerprint density at radius 2 is 1.59 bits per heavy atom. The van der Waals surface area contributed by atoms with Crippen molar-refractivity contribution in [3.63, 3.8) is 0 Å². The molecule has 152 valence electrons. The molecule has 1 fully saturated rings. The number of aryl methyl sites for hydroxylation is 1. The minimum absolute atomic E-state index is 0.149. The molecule has 1 N–H and O–H groups in total. The highest BCUT2D eigenvalue weighted by molar-refractivity contribution is 5.88. The number of hydrogen-bond acceptors (Lipinski definition) is 3. The van der Waals surface area contributed by atoms with Crippen molar-refractivity contribution in [3.05, 3.63) is 70.8 Å². The Morgan fingerprint density at radius 3 is 2.24 bits per heavy atom. The molecule has 2 aromatic carbocycles. The van der Waals surface area contributed by atoms with Crippen molar-refractivity contribution in [1.82, 2.24) is 15.1 Å². The van der Waals surface area contributed by atoms with E-state index in [0.717, 1.165) is 58.4 Å². The maximum Gasteiger partial charge on any atom is 0.241 e. The van der Waals surface area contributed by atoms with Gasteiger partial charge in [-0.2, -0.15) is 0 Å². The number of nitrogens with one attached hydrogen (secondary N) is 1. The van der Waals surface area contributed by atoms with E-state index in [-0.39, 0.29) is 11.9 Å². The van der Waals surface area contributed by atoms with Crippen molar-refractivity contribution in [2.24, 2.45) is 0 Å². The van der Waals surface area contributed by atoms with Gasteiger partial charge in [0.25, 0.3) is 0 Å². The summed E-state index contributed by atoms with van der Waals surface area (Å²) in [5.74, 6) is 0.223. The van der Waals surface area contributed by atoms with Crippen LogP contribution in [0.25, 0.3) is 0 Å². The van der Waals surface area contributed by atoms with E-state index in [0.29, 0.717) is 0 Å². The van der Waals surface area contributed by atoms with Crippen LogP contribution in [0.5, 0.6) is 0 Å². The van der Waals surface area contributed by atoms with Gasteiger partial charge in [-0.1, -0.05) is 55.5 Å². The molecule has 5 rings (SSSR count). The lowest BCUT2D eigenvalue weighted by molar-refractivity contribution is -0.135. The van der Waals surface area contributed by atoms with E-state index in [9.17, 15) is 4.79 Å². The molecule has 4 nitrogen and oxygen atoms in total. The largest absolute Gasteiger partial charge is 0.348 e. The number of piperazine rings is 1. The molecule has 0 aromatic heterocycles. The highest BCUT2D eigenvalue weighted by atomic mass is 16.2. The van der Waals surface area contributed by atoms with Gasteiger partial charge in [0.15, 0.2) is 0 Å². The van der Waals surface area contributed by atoms with Crippen LogP contribution >= 0.6 is 0 Å². The van der Waals surface area contributed by atoms with Gasteiger partial charge >= 0.3 is 0 Å². The Bertz CT molecular complexity index is 875. The second kappa shape index (κ2) is 7.58. The summed E-state index contributed by atoms with van der Waals surface area (Å²) in [5.41, 5.74) is 4.93. The van der Waals surface area contributed by atoms with Crippen LogP contribution in [0.15, 0.2) is 48.5 Å². The number of amides is 1.